The molecule has 0 spiro atoms. The molecule has 4 N–H and O–H groups in total. The maximum atomic E-state index is 14.6. The minimum absolute atomic E-state index is 0.000993. The number of benzene rings is 1. The standard InChI is InChI=1S/C22H23F5N6O2/c1-21(23,24)16-15(32-20(34)35-2)6-5-12-13(9-29-18(12)16)17-14(22(25,26)27)10-30-19(33-17)31-11-4-3-7-28-8-11/h5-6,9-11,28-29H,3-4,7-8H2,1-2H3,(H,32,34)(H,30,31,33). The molecule has 1 fully saturated rings. The lowest BCUT2D eigenvalue weighted by Gasteiger charge is -2.24. The molecule has 1 unspecified atom stereocenters. The molecule has 188 valence electrons. The maximum Gasteiger partial charge on any atom is 0.419 e. The molecule has 13 heteroatoms. The molecule has 1 atom stereocenters. The summed E-state index contributed by atoms with van der Waals surface area (Å²) in [5.41, 5.74) is -2.57. The summed E-state index contributed by atoms with van der Waals surface area (Å²) in [5, 5.41) is 8.52. The number of H-pyrrole nitrogens is 1. The van der Waals surface area contributed by atoms with E-state index in [0.717, 1.165) is 26.5 Å². The van der Waals surface area contributed by atoms with Crippen molar-refractivity contribution in [1.29, 1.82) is 0 Å². The van der Waals surface area contributed by atoms with Gasteiger partial charge in [0.15, 0.2) is 0 Å². The highest BCUT2D eigenvalue weighted by molar-refractivity contribution is 6.01. The number of aromatic nitrogens is 3. The van der Waals surface area contributed by atoms with Gasteiger partial charge in [-0.25, -0.2) is 23.5 Å². The summed E-state index contributed by atoms with van der Waals surface area (Å²) in [4.78, 5) is 22.3. The van der Waals surface area contributed by atoms with E-state index in [9.17, 15) is 26.7 Å². The number of aromatic amines is 1. The molecule has 0 bridgehead atoms. The van der Waals surface area contributed by atoms with Gasteiger partial charge < -0.3 is 20.4 Å². The van der Waals surface area contributed by atoms with E-state index in [1.165, 1.54) is 18.3 Å². The predicted molar refractivity (Wildman–Crippen MR) is 119 cm³/mol. The van der Waals surface area contributed by atoms with Crippen molar-refractivity contribution in [2.75, 3.05) is 30.8 Å². The van der Waals surface area contributed by atoms with Crippen molar-refractivity contribution in [3.63, 3.8) is 0 Å². The van der Waals surface area contributed by atoms with Gasteiger partial charge in [0.25, 0.3) is 5.92 Å². The maximum absolute atomic E-state index is 14.6. The molecular weight excluding hydrogens is 475 g/mol. The highest BCUT2D eigenvalue weighted by Gasteiger charge is 2.37. The number of methoxy groups -OCH3 is 1. The zero-order valence-corrected chi connectivity index (χ0v) is 18.8. The number of carbonyl (C=O) groups excluding carboxylic acids is 1. The van der Waals surface area contributed by atoms with Crippen molar-refractivity contribution in [1.82, 2.24) is 20.3 Å². The van der Waals surface area contributed by atoms with E-state index in [4.69, 9.17) is 0 Å². The third kappa shape index (κ3) is 5.14. The van der Waals surface area contributed by atoms with Crippen LogP contribution in [0.5, 0.6) is 0 Å². The van der Waals surface area contributed by atoms with Crippen LogP contribution in [0.2, 0.25) is 0 Å². The molecule has 3 heterocycles. The number of nitrogens with one attached hydrogen (secondary N) is 4. The van der Waals surface area contributed by atoms with Gasteiger partial charge in [0, 0.05) is 42.9 Å². The molecule has 35 heavy (non-hydrogen) atoms. The first-order chi connectivity index (χ1) is 16.5. The third-order valence-electron chi connectivity index (χ3n) is 5.70. The Hall–Kier alpha value is -3.48. The fourth-order valence-electron chi connectivity index (χ4n) is 4.14. The Labute approximate surface area is 196 Å². The Balaban J connectivity index is 1.86. The highest BCUT2D eigenvalue weighted by atomic mass is 19.4. The molecule has 8 nitrogen and oxygen atoms in total. The average Bonchev–Trinajstić information content (AvgIpc) is 3.21. The Bertz CT molecular complexity index is 1230. The van der Waals surface area contributed by atoms with Crippen LogP contribution < -0.4 is 16.0 Å². The SMILES string of the molecule is COC(=O)Nc1ccc2c(-c3nc(NC4CCCNC4)ncc3C(F)(F)F)c[nH]c2c1C(C)(F)F. The zero-order chi connectivity index (χ0) is 25.4. The Morgan fingerprint density at radius 1 is 1.23 bits per heavy atom. The van der Waals surface area contributed by atoms with Gasteiger partial charge in [-0.3, -0.25) is 5.32 Å². The number of nitrogens with zero attached hydrogens (tertiary/aromatic N) is 2. The summed E-state index contributed by atoms with van der Waals surface area (Å²) in [6, 6.07) is 2.46. The van der Waals surface area contributed by atoms with Gasteiger partial charge >= 0.3 is 12.3 Å². The molecule has 3 aromatic rings. The summed E-state index contributed by atoms with van der Waals surface area (Å²) < 4.78 is 75.2. The van der Waals surface area contributed by atoms with Gasteiger partial charge in [-0.2, -0.15) is 13.2 Å². The Kier molecular flexibility index (Phi) is 6.54. The fraction of sp³-hybridized carbons (Fsp3) is 0.409. The quantitative estimate of drug-likeness (QED) is 0.365. The van der Waals surface area contributed by atoms with Crippen molar-refractivity contribution in [3.05, 3.63) is 35.7 Å². The van der Waals surface area contributed by atoms with Gasteiger partial charge in [0.05, 0.1) is 29.6 Å². The number of hydrogen-bond acceptors (Lipinski definition) is 6. The molecule has 1 aliphatic heterocycles. The monoisotopic (exact) mass is 498 g/mol. The molecule has 0 aliphatic carbocycles. The van der Waals surface area contributed by atoms with Crippen LogP contribution in [0, 0.1) is 0 Å². The van der Waals surface area contributed by atoms with E-state index in [2.05, 4.69) is 35.6 Å². The predicted octanol–water partition coefficient (Wildman–Crippen LogP) is 5.10. The first-order valence-corrected chi connectivity index (χ1v) is 10.8. The van der Waals surface area contributed by atoms with Crippen LogP contribution in [0.25, 0.3) is 22.2 Å². The van der Waals surface area contributed by atoms with E-state index in [0.29, 0.717) is 19.7 Å². The van der Waals surface area contributed by atoms with Crippen molar-refractivity contribution in [2.45, 2.75) is 37.9 Å². The molecule has 4 rings (SSSR count). The molecule has 1 amide bonds. The number of ether oxygens (including phenoxy) is 1. The molecule has 1 saturated heterocycles. The lowest BCUT2D eigenvalue weighted by molar-refractivity contribution is -0.137. The number of carbonyl (C=O) groups is 1. The molecule has 2 aromatic heterocycles. The van der Waals surface area contributed by atoms with Gasteiger partial charge in [-0.15, -0.1) is 0 Å². The van der Waals surface area contributed by atoms with Crippen LogP contribution in [0.4, 0.5) is 38.4 Å². The number of anilines is 2. The second kappa shape index (κ2) is 9.29. The molecule has 1 aliphatic rings. The molecule has 0 saturated carbocycles. The fourth-order valence-corrected chi connectivity index (χ4v) is 4.14. The van der Waals surface area contributed by atoms with Gasteiger partial charge in [-0.1, -0.05) is 6.07 Å². The summed E-state index contributed by atoms with van der Waals surface area (Å²) in [6.45, 7) is 2.08. The number of fused-ring (bicyclic) bond motifs is 1. The number of hydrogen-bond donors (Lipinski definition) is 4. The summed E-state index contributed by atoms with van der Waals surface area (Å²) >= 11 is 0. The smallest absolute Gasteiger partial charge is 0.419 e. The Morgan fingerprint density at radius 2 is 2.00 bits per heavy atom. The topological polar surface area (TPSA) is 104 Å². The third-order valence-corrected chi connectivity index (χ3v) is 5.70. The van der Waals surface area contributed by atoms with Gasteiger partial charge in [-0.05, 0) is 25.5 Å². The molecular formula is C22H23F5N6O2. The lowest BCUT2D eigenvalue weighted by Crippen LogP contribution is -2.38. The van der Waals surface area contributed by atoms with Crippen LogP contribution >= 0.6 is 0 Å². The van der Waals surface area contributed by atoms with E-state index in [-0.39, 0.29) is 34.1 Å². The molecule has 1 aromatic carbocycles. The van der Waals surface area contributed by atoms with Gasteiger partial charge in [0.1, 0.15) is 5.56 Å². The van der Waals surface area contributed by atoms with Crippen molar-refractivity contribution in [2.24, 2.45) is 0 Å². The van der Waals surface area contributed by atoms with Gasteiger partial charge in [0.2, 0.25) is 5.95 Å². The second-order valence-corrected chi connectivity index (χ2v) is 8.26. The van der Waals surface area contributed by atoms with Crippen molar-refractivity contribution >= 4 is 28.6 Å². The van der Waals surface area contributed by atoms with E-state index < -0.39 is 35.0 Å². The van der Waals surface area contributed by atoms with E-state index >= 15 is 0 Å². The van der Waals surface area contributed by atoms with Crippen LogP contribution in [0.1, 0.15) is 30.9 Å². The number of rotatable bonds is 5. The number of halogens is 5. The average molecular weight is 498 g/mol. The normalized spacial score (nSPS) is 16.8. The van der Waals surface area contributed by atoms with Crippen LogP contribution in [-0.4, -0.2) is 47.3 Å². The van der Waals surface area contributed by atoms with Crippen LogP contribution in [0.15, 0.2) is 24.5 Å². The largest absolute Gasteiger partial charge is 0.453 e. The van der Waals surface area contributed by atoms with E-state index in [1.54, 1.807) is 0 Å². The number of piperidine rings is 1. The van der Waals surface area contributed by atoms with E-state index in [1.807, 2.05) is 0 Å². The minimum Gasteiger partial charge on any atom is -0.453 e. The van der Waals surface area contributed by atoms with Crippen molar-refractivity contribution in [3.8, 4) is 11.3 Å². The van der Waals surface area contributed by atoms with Crippen LogP contribution in [0.3, 0.4) is 0 Å². The number of alkyl halides is 5. The van der Waals surface area contributed by atoms with Crippen molar-refractivity contribution < 1.29 is 31.5 Å². The summed E-state index contributed by atoms with van der Waals surface area (Å²) in [6.07, 6.45) is -2.19. The van der Waals surface area contributed by atoms with Crippen LogP contribution in [-0.2, 0) is 16.8 Å². The first kappa shape index (κ1) is 24.6. The Morgan fingerprint density at radius 3 is 2.63 bits per heavy atom. The summed E-state index contributed by atoms with van der Waals surface area (Å²) in [5.74, 6) is -3.45. The molecule has 0 radical (unpaired) electrons. The minimum atomic E-state index is -4.78. The highest BCUT2D eigenvalue weighted by Crippen LogP contribution is 2.43. The zero-order valence-electron chi connectivity index (χ0n) is 18.8. The lowest BCUT2D eigenvalue weighted by atomic mass is 9.99. The first-order valence-electron chi connectivity index (χ1n) is 10.8. The number of amides is 1. The summed E-state index contributed by atoms with van der Waals surface area (Å²) in [7, 11) is 1.08. The second-order valence-electron chi connectivity index (χ2n) is 8.26.